The first kappa shape index (κ1) is 24.4. The van der Waals surface area contributed by atoms with Gasteiger partial charge in [-0.15, -0.1) is 0 Å². The van der Waals surface area contributed by atoms with Crippen molar-refractivity contribution in [2.45, 2.75) is 57.4 Å². The normalized spacial score (nSPS) is 13.9. The van der Waals surface area contributed by atoms with E-state index < -0.39 is 32.8 Å². The second-order valence-electron chi connectivity index (χ2n) is 7.65. The molecule has 0 saturated heterocycles. The molecule has 0 aliphatic rings. The quantitative estimate of drug-likeness (QED) is 0.485. The third-order valence-corrected chi connectivity index (χ3v) is 7.41. The Hall–Kier alpha value is -1.83. The van der Waals surface area contributed by atoms with E-state index in [1.807, 2.05) is 19.1 Å². The van der Waals surface area contributed by atoms with Crippen molar-refractivity contribution < 1.29 is 17.2 Å². The number of nitrogens with one attached hydrogen (secondary N) is 1. The Balaban J connectivity index is 2.09. The summed E-state index contributed by atoms with van der Waals surface area (Å²) in [5.41, 5.74) is 8.74. The monoisotopic (exact) mass is 438 g/mol. The Kier molecular flexibility index (Phi) is 9.39. The van der Waals surface area contributed by atoms with Crippen molar-refractivity contribution in [1.29, 1.82) is 0 Å². The van der Waals surface area contributed by atoms with Crippen molar-refractivity contribution in [1.82, 2.24) is 5.32 Å². The van der Waals surface area contributed by atoms with Crippen molar-refractivity contribution in [3.63, 3.8) is 0 Å². The number of hydrogen-bond donors (Lipinski definition) is 2. The van der Waals surface area contributed by atoms with Crippen LogP contribution in [0.2, 0.25) is 0 Å². The molecule has 2 aromatic carbocycles. The second kappa shape index (κ2) is 11.5. The molecule has 0 radical (unpaired) electrons. The van der Waals surface area contributed by atoms with Gasteiger partial charge in [-0.05, 0) is 54.6 Å². The minimum atomic E-state index is -3.65. The van der Waals surface area contributed by atoms with Gasteiger partial charge in [0.2, 0.25) is 0 Å². The molecule has 0 saturated carbocycles. The van der Waals surface area contributed by atoms with E-state index in [4.69, 9.17) is 5.73 Å². The molecule has 0 bridgehead atoms. The van der Waals surface area contributed by atoms with Gasteiger partial charge in [-0.1, -0.05) is 44.5 Å². The Bertz CT molecular complexity index is 899. The highest BCUT2D eigenvalue weighted by Gasteiger charge is 2.33. The van der Waals surface area contributed by atoms with Gasteiger partial charge < -0.3 is 11.1 Å². The summed E-state index contributed by atoms with van der Waals surface area (Å²) < 4.78 is 53.4. The number of aryl methyl sites for hydroxylation is 1. The number of sulfone groups is 1. The van der Waals surface area contributed by atoms with Crippen LogP contribution in [0.5, 0.6) is 0 Å². The standard InChI is InChI=1S/C23H32F2N2O2S/c1-3-5-11-30(28,29)23(19-13-20(24)15-21(25)14-19)22(26)9-10-27-16-18-8-6-7-17(4-2)12-18/h6-8,12-15,22-23,27H,3-5,9-11,16,26H2,1-2H3. The van der Waals surface area contributed by atoms with Gasteiger partial charge in [-0.3, -0.25) is 0 Å². The van der Waals surface area contributed by atoms with Crippen molar-refractivity contribution >= 4 is 9.84 Å². The van der Waals surface area contributed by atoms with Crippen LogP contribution in [-0.4, -0.2) is 26.8 Å². The van der Waals surface area contributed by atoms with Gasteiger partial charge in [-0.25, -0.2) is 17.2 Å². The SMILES string of the molecule is CCCCS(=O)(=O)C(c1cc(F)cc(F)c1)C(N)CCNCc1cccc(CC)c1. The first-order valence-electron chi connectivity index (χ1n) is 10.5. The van der Waals surface area contributed by atoms with Gasteiger partial charge in [0.25, 0.3) is 0 Å². The van der Waals surface area contributed by atoms with E-state index in [1.165, 1.54) is 5.56 Å². The molecule has 30 heavy (non-hydrogen) atoms. The molecule has 2 atom stereocenters. The van der Waals surface area contributed by atoms with Crippen LogP contribution in [0.3, 0.4) is 0 Å². The molecular formula is C23H32F2N2O2S. The summed E-state index contributed by atoms with van der Waals surface area (Å²) in [5, 5.41) is 2.15. The van der Waals surface area contributed by atoms with E-state index in [0.717, 1.165) is 30.2 Å². The summed E-state index contributed by atoms with van der Waals surface area (Å²) >= 11 is 0. The molecule has 7 heteroatoms. The van der Waals surface area contributed by atoms with Crippen molar-refractivity contribution in [3.8, 4) is 0 Å². The predicted octanol–water partition coefficient (Wildman–Crippen LogP) is 4.29. The predicted molar refractivity (Wildman–Crippen MR) is 118 cm³/mol. The number of hydrogen-bond acceptors (Lipinski definition) is 4. The van der Waals surface area contributed by atoms with Gasteiger partial charge >= 0.3 is 0 Å². The van der Waals surface area contributed by atoms with Gasteiger partial charge in [0.15, 0.2) is 9.84 Å². The first-order chi connectivity index (χ1) is 14.3. The fourth-order valence-corrected chi connectivity index (χ4v) is 5.71. The van der Waals surface area contributed by atoms with Gasteiger partial charge in [-0.2, -0.15) is 0 Å². The summed E-state index contributed by atoms with van der Waals surface area (Å²) in [4.78, 5) is 0. The molecule has 0 aliphatic carbocycles. The van der Waals surface area contributed by atoms with Crippen LogP contribution < -0.4 is 11.1 Å². The van der Waals surface area contributed by atoms with Gasteiger partial charge in [0.05, 0.1) is 5.75 Å². The molecule has 4 nitrogen and oxygen atoms in total. The summed E-state index contributed by atoms with van der Waals surface area (Å²) in [6.45, 7) is 5.13. The molecule has 0 amide bonds. The molecule has 2 aromatic rings. The Morgan fingerprint density at radius 3 is 2.33 bits per heavy atom. The minimum Gasteiger partial charge on any atom is -0.326 e. The van der Waals surface area contributed by atoms with E-state index in [9.17, 15) is 17.2 Å². The fraction of sp³-hybridized carbons (Fsp3) is 0.478. The second-order valence-corrected chi connectivity index (χ2v) is 9.89. The Morgan fingerprint density at radius 1 is 1.03 bits per heavy atom. The van der Waals surface area contributed by atoms with Crippen molar-refractivity contribution in [2.24, 2.45) is 5.73 Å². The zero-order chi connectivity index (χ0) is 22.1. The van der Waals surface area contributed by atoms with Gasteiger partial charge in [0.1, 0.15) is 16.9 Å². The largest absolute Gasteiger partial charge is 0.326 e. The lowest BCUT2D eigenvalue weighted by molar-refractivity contribution is 0.512. The lowest BCUT2D eigenvalue weighted by Gasteiger charge is -2.25. The van der Waals surface area contributed by atoms with E-state index >= 15 is 0 Å². The molecule has 0 heterocycles. The van der Waals surface area contributed by atoms with Crippen LogP contribution in [0.15, 0.2) is 42.5 Å². The van der Waals surface area contributed by atoms with E-state index in [0.29, 0.717) is 32.4 Å². The lowest BCUT2D eigenvalue weighted by atomic mass is 10.0. The van der Waals surface area contributed by atoms with Crippen LogP contribution in [-0.2, 0) is 22.8 Å². The molecule has 2 unspecified atom stereocenters. The minimum absolute atomic E-state index is 0.0583. The highest BCUT2D eigenvalue weighted by molar-refractivity contribution is 7.91. The average Bonchev–Trinajstić information content (AvgIpc) is 2.69. The topological polar surface area (TPSA) is 72.2 Å². The fourth-order valence-electron chi connectivity index (χ4n) is 3.55. The van der Waals surface area contributed by atoms with E-state index in [2.05, 4.69) is 24.4 Å². The number of halogens is 2. The lowest BCUT2D eigenvalue weighted by Crippen LogP contribution is -2.37. The first-order valence-corrected chi connectivity index (χ1v) is 12.2. The number of benzene rings is 2. The number of nitrogens with two attached hydrogens (primary N) is 1. The number of rotatable bonds is 12. The molecule has 166 valence electrons. The smallest absolute Gasteiger partial charge is 0.158 e. The maximum Gasteiger partial charge on any atom is 0.158 e. The molecular weight excluding hydrogens is 406 g/mol. The summed E-state index contributed by atoms with van der Waals surface area (Å²) in [7, 11) is -3.65. The third-order valence-electron chi connectivity index (χ3n) is 5.15. The Labute approximate surface area is 178 Å². The highest BCUT2D eigenvalue weighted by atomic mass is 32.2. The van der Waals surface area contributed by atoms with Crippen molar-refractivity contribution in [2.75, 3.05) is 12.3 Å². The zero-order valence-electron chi connectivity index (χ0n) is 17.7. The third kappa shape index (κ3) is 7.15. The average molecular weight is 439 g/mol. The maximum absolute atomic E-state index is 13.8. The molecule has 2 rings (SSSR count). The summed E-state index contributed by atoms with van der Waals surface area (Å²) in [5.74, 6) is -1.67. The van der Waals surface area contributed by atoms with Crippen LogP contribution in [0.4, 0.5) is 8.78 Å². The van der Waals surface area contributed by atoms with Crippen LogP contribution in [0.1, 0.15) is 55.1 Å². The van der Waals surface area contributed by atoms with Crippen LogP contribution in [0.25, 0.3) is 0 Å². The molecule has 3 N–H and O–H groups in total. The Morgan fingerprint density at radius 2 is 1.70 bits per heavy atom. The maximum atomic E-state index is 13.8. The highest BCUT2D eigenvalue weighted by Crippen LogP contribution is 2.29. The van der Waals surface area contributed by atoms with Crippen LogP contribution >= 0.6 is 0 Å². The number of unbranched alkanes of at least 4 members (excludes halogenated alkanes) is 1. The molecule has 0 aromatic heterocycles. The molecule has 0 aliphatic heterocycles. The molecule has 0 fully saturated rings. The van der Waals surface area contributed by atoms with Gasteiger partial charge in [0, 0.05) is 18.7 Å². The van der Waals surface area contributed by atoms with E-state index in [1.54, 1.807) is 0 Å². The molecule has 0 spiro atoms. The summed E-state index contributed by atoms with van der Waals surface area (Å²) in [6, 6.07) is 10.3. The summed E-state index contributed by atoms with van der Waals surface area (Å²) in [6.07, 6.45) is 2.51. The van der Waals surface area contributed by atoms with Crippen LogP contribution in [0, 0.1) is 11.6 Å². The zero-order valence-corrected chi connectivity index (χ0v) is 18.5. The van der Waals surface area contributed by atoms with Crippen molar-refractivity contribution in [3.05, 3.63) is 70.8 Å². The van der Waals surface area contributed by atoms with E-state index in [-0.39, 0.29) is 11.3 Å².